The third-order valence-corrected chi connectivity index (χ3v) is 5.05. The van der Waals surface area contributed by atoms with Gasteiger partial charge in [-0.2, -0.15) is 0 Å². The van der Waals surface area contributed by atoms with Crippen molar-refractivity contribution in [3.63, 3.8) is 0 Å². The predicted molar refractivity (Wildman–Crippen MR) is 98.0 cm³/mol. The summed E-state index contributed by atoms with van der Waals surface area (Å²) in [6, 6.07) is 13.6. The van der Waals surface area contributed by atoms with Gasteiger partial charge in [0, 0.05) is 17.3 Å². The molecule has 0 amide bonds. The number of ether oxygens (including phenoxy) is 2. The van der Waals surface area contributed by atoms with E-state index in [1.54, 1.807) is 24.3 Å². The molecule has 0 aliphatic heterocycles. The van der Waals surface area contributed by atoms with Crippen LogP contribution in [0.15, 0.2) is 65.6 Å². The molecule has 0 aliphatic rings. The summed E-state index contributed by atoms with van der Waals surface area (Å²) in [6.45, 7) is 0. The zero-order chi connectivity index (χ0) is 21.1. The van der Waals surface area contributed by atoms with Crippen molar-refractivity contribution in [2.24, 2.45) is 0 Å². The topological polar surface area (TPSA) is 90.4 Å². The summed E-state index contributed by atoms with van der Waals surface area (Å²) in [5.41, 5.74) is 1.54. The number of hydrogen-bond donors (Lipinski definition) is 1. The summed E-state index contributed by atoms with van der Waals surface area (Å²) in [5, 5.41) is 7.86. The number of hydrogen-bond acceptors (Lipinski definition) is 6. The highest BCUT2D eigenvalue weighted by Crippen LogP contribution is 2.25. The molecular weight excluding hydrogens is 411 g/mol. The van der Waals surface area contributed by atoms with Crippen molar-refractivity contribution in [2.75, 3.05) is 11.8 Å². The molecule has 1 N–H and O–H groups in total. The molecule has 0 fully saturated rings. The van der Waals surface area contributed by atoms with E-state index in [1.165, 1.54) is 19.2 Å². The maximum absolute atomic E-state index is 12.4. The van der Waals surface area contributed by atoms with Crippen LogP contribution < -0.4 is 14.2 Å². The number of benzene rings is 2. The minimum Gasteiger partial charge on any atom is -0.480 e. The molecular formula is C18H14F3N3O4S. The molecule has 11 heteroatoms. The Kier molecular flexibility index (Phi) is 5.59. The summed E-state index contributed by atoms with van der Waals surface area (Å²) < 4.78 is 72.4. The van der Waals surface area contributed by atoms with Gasteiger partial charge >= 0.3 is 6.36 Å². The standard InChI is InChI=1S/C18H14F3N3O4S/c1-27-17-11-10-16(22-23-17)12-2-4-13(5-3-12)24-29(25,26)15-8-6-14(7-9-15)28-18(19,20)21/h2-11,24H,1H3. The number of halogens is 3. The molecule has 152 valence electrons. The number of nitrogens with one attached hydrogen (secondary N) is 1. The summed E-state index contributed by atoms with van der Waals surface area (Å²) >= 11 is 0. The largest absolute Gasteiger partial charge is 0.573 e. The molecule has 3 aromatic rings. The molecule has 1 aromatic heterocycles. The number of methoxy groups -OCH3 is 1. The van der Waals surface area contributed by atoms with Gasteiger partial charge in [-0.3, -0.25) is 4.72 Å². The van der Waals surface area contributed by atoms with Crippen molar-refractivity contribution in [2.45, 2.75) is 11.3 Å². The lowest BCUT2D eigenvalue weighted by Gasteiger charge is -2.11. The quantitative estimate of drug-likeness (QED) is 0.645. The van der Waals surface area contributed by atoms with Gasteiger partial charge in [-0.15, -0.1) is 23.4 Å². The second-order valence-electron chi connectivity index (χ2n) is 5.66. The van der Waals surface area contributed by atoms with E-state index in [9.17, 15) is 21.6 Å². The zero-order valence-corrected chi connectivity index (χ0v) is 15.7. The first-order valence-electron chi connectivity index (χ1n) is 8.03. The van der Waals surface area contributed by atoms with E-state index < -0.39 is 22.1 Å². The van der Waals surface area contributed by atoms with Crippen LogP contribution in [0.4, 0.5) is 18.9 Å². The van der Waals surface area contributed by atoms with Crippen LogP contribution in [0, 0.1) is 0 Å². The lowest BCUT2D eigenvalue weighted by Crippen LogP contribution is -2.17. The van der Waals surface area contributed by atoms with E-state index in [2.05, 4.69) is 19.7 Å². The lowest BCUT2D eigenvalue weighted by atomic mass is 10.1. The average Bonchev–Trinajstić information content (AvgIpc) is 2.67. The summed E-state index contributed by atoms with van der Waals surface area (Å²) in [4.78, 5) is -0.211. The van der Waals surface area contributed by atoms with Gasteiger partial charge in [0.2, 0.25) is 5.88 Å². The van der Waals surface area contributed by atoms with Crippen LogP contribution in [0.1, 0.15) is 0 Å². The smallest absolute Gasteiger partial charge is 0.480 e. The minimum atomic E-state index is -4.85. The highest BCUT2D eigenvalue weighted by atomic mass is 32.2. The van der Waals surface area contributed by atoms with Crippen LogP contribution in [0.3, 0.4) is 0 Å². The Morgan fingerprint density at radius 1 is 0.897 bits per heavy atom. The summed E-state index contributed by atoms with van der Waals surface area (Å²) in [5.74, 6) is -0.147. The third-order valence-electron chi connectivity index (χ3n) is 3.65. The first-order chi connectivity index (χ1) is 13.7. The van der Waals surface area contributed by atoms with Crippen LogP contribution in [0.5, 0.6) is 11.6 Å². The molecule has 0 bridgehead atoms. The molecule has 7 nitrogen and oxygen atoms in total. The van der Waals surface area contributed by atoms with Crippen LogP contribution in [0.25, 0.3) is 11.3 Å². The van der Waals surface area contributed by atoms with Crippen molar-refractivity contribution in [3.8, 4) is 22.9 Å². The molecule has 0 saturated heterocycles. The van der Waals surface area contributed by atoms with Gasteiger partial charge in [0.15, 0.2) is 0 Å². The SMILES string of the molecule is COc1ccc(-c2ccc(NS(=O)(=O)c3ccc(OC(F)(F)F)cc3)cc2)nn1. The molecule has 0 radical (unpaired) electrons. The molecule has 1 heterocycles. The average molecular weight is 425 g/mol. The first-order valence-corrected chi connectivity index (χ1v) is 9.51. The number of rotatable bonds is 6. The molecule has 0 atom stereocenters. The van der Waals surface area contributed by atoms with Gasteiger partial charge in [0.1, 0.15) is 5.75 Å². The Labute approximate surface area is 164 Å². The molecule has 29 heavy (non-hydrogen) atoms. The van der Waals surface area contributed by atoms with E-state index in [0.29, 0.717) is 17.1 Å². The number of alkyl halides is 3. The molecule has 0 aliphatic carbocycles. The van der Waals surface area contributed by atoms with Crippen LogP contribution in [-0.4, -0.2) is 32.1 Å². The maximum Gasteiger partial charge on any atom is 0.573 e. The number of aromatic nitrogens is 2. The lowest BCUT2D eigenvalue weighted by molar-refractivity contribution is -0.274. The monoisotopic (exact) mass is 425 g/mol. The Balaban J connectivity index is 1.73. The number of sulfonamides is 1. The minimum absolute atomic E-state index is 0.211. The Morgan fingerprint density at radius 3 is 2.07 bits per heavy atom. The van der Waals surface area contributed by atoms with Crippen molar-refractivity contribution in [1.82, 2.24) is 10.2 Å². The van der Waals surface area contributed by atoms with Gasteiger partial charge in [0.25, 0.3) is 10.0 Å². The normalized spacial score (nSPS) is 11.7. The van der Waals surface area contributed by atoms with Gasteiger partial charge < -0.3 is 9.47 Å². The molecule has 0 saturated carbocycles. The Bertz CT molecular complexity index is 1070. The fourth-order valence-electron chi connectivity index (χ4n) is 2.33. The van der Waals surface area contributed by atoms with Gasteiger partial charge in [-0.25, -0.2) is 8.42 Å². The van der Waals surface area contributed by atoms with E-state index in [-0.39, 0.29) is 10.6 Å². The zero-order valence-electron chi connectivity index (χ0n) is 14.8. The van der Waals surface area contributed by atoms with Crippen molar-refractivity contribution in [3.05, 3.63) is 60.7 Å². The van der Waals surface area contributed by atoms with E-state index in [4.69, 9.17) is 4.74 Å². The summed E-state index contributed by atoms with van der Waals surface area (Å²) in [7, 11) is -2.52. The maximum atomic E-state index is 12.4. The Hall–Kier alpha value is -3.34. The summed E-state index contributed by atoms with van der Waals surface area (Å²) in [6.07, 6.45) is -4.85. The third kappa shape index (κ3) is 5.35. The van der Waals surface area contributed by atoms with Crippen molar-refractivity contribution in [1.29, 1.82) is 0 Å². The van der Waals surface area contributed by atoms with Crippen LogP contribution in [-0.2, 0) is 10.0 Å². The number of nitrogens with zero attached hydrogens (tertiary/aromatic N) is 2. The predicted octanol–water partition coefficient (Wildman–Crippen LogP) is 3.85. The van der Waals surface area contributed by atoms with Gasteiger partial charge in [-0.05, 0) is 42.5 Å². The molecule has 2 aromatic carbocycles. The second-order valence-corrected chi connectivity index (χ2v) is 7.35. The van der Waals surface area contributed by atoms with Gasteiger partial charge in [0.05, 0.1) is 17.7 Å². The first kappa shape index (κ1) is 20.4. The van der Waals surface area contributed by atoms with Crippen molar-refractivity contribution < 1.29 is 31.1 Å². The molecule has 0 spiro atoms. The van der Waals surface area contributed by atoms with E-state index in [0.717, 1.165) is 24.3 Å². The highest BCUT2D eigenvalue weighted by molar-refractivity contribution is 7.92. The second kappa shape index (κ2) is 7.95. The fraction of sp³-hybridized carbons (Fsp3) is 0.111. The van der Waals surface area contributed by atoms with Crippen LogP contribution >= 0.6 is 0 Å². The van der Waals surface area contributed by atoms with Crippen molar-refractivity contribution >= 4 is 15.7 Å². The number of anilines is 1. The highest BCUT2D eigenvalue weighted by Gasteiger charge is 2.31. The van der Waals surface area contributed by atoms with Crippen LogP contribution in [0.2, 0.25) is 0 Å². The molecule has 0 unspecified atom stereocenters. The van der Waals surface area contributed by atoms with E-state index >= 15 is 0 Å². The fourth-order valence-corrected chi connectivity index (χ4v) is 3.39. The van der Waals surface area contributed by atoms with Gasteiger partial charge in [-0.1, -0.05) is 12.1 Å². The molecule has 3 rings (SSSR count). The Morgan fingerprint density at radius 2 is 1.55 bits per heavy atom. The van der Waals surface area contributed by atoms with E-state index in [1.807, 2.05) is 0 Å².